The van der Waals surface area contributed by atoms with Gasteiger partial charge in [0.2, 0.25) is 0 Å². The van der Waals surface area contributed by atoms with Crippen molar-refractivity contribution in [3.63, 3.8) is 0 Å². The molecule has 3 aromatic rings. The van der Waals surface area contributed by atoms with Gasteiger partial charge in [-0.15, -0.1) is 11.3 Å². The van der Waals surface area contributed by atoms with Gasteiger partial charge < -0.3 is 4.90 Å². The molecular formula is C23H27N5O2S. The third-order valence-corrected chi connectivity index (χ3v) is 6.79. The molecular weight excluding hydrogens is 410 g/mol. The highest BCUT2D eigenvalue weighted by molar-refractivity contribution is 7.14. The summed E-state index contributed by atoms with van der Waals surface area (Å²) < 4.78 is 1.79. The van der Waals surface area contributed by atoms with Crippen LogP contribution in [-0.4, -0.2) is 44.6 Å². The highest BCUT2D eigenvalue weighted by Gasteiger charge is 2.30. The van der Waals surface area contributed by atoms with Crippen LogP contribution in [0.4, 0.5) is 5.13 Å². The predicted octanol–water partition coefficient (Wildman–Crippen LogP) is 3.55. The fourth-order valence-electron chi connectivity index (χ4n) is 3.98. The van der Waals surface area contributed by atoms with Crippen molar-refractivity contribution >= 4 is 28.3 Å². The van der Waals surface area contributed by atoms with Gasteiger partial charge in [-0.25, -0.2) is 4.98 Å². The average Bonchev–Trinajstić information content (AvgIpc) is 3.43. The molecule has 1 aliphatic rings. The number of aryl methyl sites for hydroxylation is 1. The summed E-state index contributed by atoms with van der Waals surface area (Å²) in [5.74, 6) is -0.746. The Hall–Kier alpha value is -3.00. The van der Waals surface area contributed by atoms with Gasteiger partial charge in [-0.3, -0.25) is 19.6 Å². The first kappa shape index (κ1) is 21.2. The van der Waals surface area contributed by atoms with E-state index in [1.807, 2.05) is 43.0 Å². The summed E-state index contributed by atoms with van der Waals surface area (Å²) >= 11 is 1.34. The van der Waals surface area contributed by atoms with Crippen LogP contribution < -0.4 is 5.32 Å². The molecule has 1 N–H and O–H groups in total. The second kappa shape index (κ2) is 8.63. The van der Waals surface area contributed by atoms with Gasteiger partial charge in [-0.1, -0.05) is 44.2 Å². The highest BCUT2D eigenvalue weighted by atomic mass is 32.1. The molecule has 0 unspecified atom stereocenters. The van der Waals surface area contributed by atoms with Crippen molar-refractivity contribution in [3.8, 4) is 0 Å². The summed E-state index contributed by atoms with van der Waals surface area (Å²) in [6, 6.07) is 10.1. The van der Waals surface area contributed by atoms with Crippen LogP contribution in [-0.2, 0) is 22.1 Å². The van der Waals surface area contributed by atoms with Crippen LogP contribution in [0, 0.1) is 0 Å². The van der Waals surface area contributed by atoms with E-state index in [1.54, 1.807) is 9.58 Å². The summed E-state index contributed by atoms with van der Waals surface area (Å²) in [5, 5.41) is 9.30. The number of hydrogen-bond acceptors (Lipinski definition) is 5. The molecule has 0 bridgehead atoms. The summed E-state index contributed by atoms with van der Waals surface area (Å²) in [6.45, 7) is 5.33. The van der Waals surface area contributed by atoms with Crippen LogP contribution >= 0.6 is 11.3 Å². The van der Waals surface area contributed by atoms with E-state index in [0.29, 0.717) is 24.1 Å². The second-order valence-electron chi connectivity index (χ2n) is 8.50. The van der Waals surface area contributed by atoms with Crippen molar-refractivity contribution in [2.45, 2.75) is 38.0 Å². The van der Waals surface area contributed by atoms with Crippen LogP contribution in [0.2, 0.25) is 0 Å². The molecule has 2 aromatic heterocycles. The second-order valence-corrected chi connectivity index (χ2v) is 9.35. The van der Waals surface area contributed by atoms with E-state index in [9.17, 15) is 9.59 Å². The van der Waals surface area contributed by atoms with Crippen molar-refractivity contribution in [1.29, 1.82) is 0 Å². The third-order valence-electron chi connectivity index (χ3n) is 6.03. The molecule has 162 valence electrons. The Labute approximate surface area is 186 Å². The smallest absolute Gasteiger partial charge is 0.315 e. The number of piperidine rings is 1. The molecule has 1 saturated heterocycles. The molecule has 0 aliphatic carbocycles. The maximum atomic E-state index is 12.6. The first-order chi connectivity index (χ1) is 14.8. The molecule has 0 saturated carbocycles. The van der Waals surface area contributed by atoms with Crippen molar-refractivity contribution < 1.29 is 9.59 Å². The van der Waals surface area contributed by atoms with E-state index in [0.717, 1.165) is 24.1 Å². The number of rotatable bonds is 4. The number of nitrogens with one attached hydrogen (secondary N) is 1. The van der Waals surface area contributed by atoms with Gasteiger partial charge in [0.15, 0.2) is 5.13 Å². The maximum absolute atomic E-state index is 12.6. The Morgan fingerprint density at radius 1 is 1.16 bits per heavy atom. The number of aromatic nitrogens is 3. The standard InChI is InChI=1S/C23H27N5O2S/c1-23(2,18-7-5-4-6-8-18)19-15-31-22(25-19)26-20(29)21(30)28-11-9-16(10-12-28)17-13-24-27(3)14-17/h4-8,13-16H,9-12H2,1-3H3,(H,25,26,29). The van der Waals surface area contributed by atoms with Gasteiger partial charge in [0, 0.05) is 37.1 Å². The molecule has 1 aliphatic heterocycles. The maximum Gasteiger partial charge on any atom is 0.315 e. The Morgan fingerprint density at radius 2 is 1.87 bits per heavy atom. The molecule has 3 heterocycles. The minimum atomic E-state index is -0.627. The first-order valence-electron chi connectivity index (χ1n) is 10.4. The third kappa shape index (κ3) is 4.54. The monoisotopic (exact) mass is 437 g/mol. The van der Waals surface area contributed by atoms with Crippen molar-refractivity contribution in [3.05, 3.63) is 64.9 Å². The van der Waals surface area contributed by atoms with Gasteiger partial charge in [-0.2, -0.15) is 5.10 Å². The number of carbonyl (C=O) groups is 2. The number of hydrogen-bond donors (Lipinski definition) is 1. The molecule has 31 heavy (non-hydrogen) atoms. The number of amides is 2. The molecule has 1 fully saturated rings. The normalized spacial score (nSPS) is 15.1. The summed E-state index contributed by atoms with van der Waals surface area (Å²) in [4.78, 5) is 31.4. The van der Waals surface area contributed by atoms with E-state index in [4.69, 9.17) is 0 Å². The first-order valence-corrected chi connectivity index (χ1v) is 11.3. The topological polar surface area (TPSA) is 80.1 Å². The van der Waals surface area contributed by atoms with Crippen molar-refractivity contribution in [2.75, 3.05) is 18.4 Å². The summed E-state index contributed by atoms with van der Waals surface area (Å²) in [7, 11) is 1.90. The Kier molecular flexibility index (Phi) is 5.91. The fraction of sp³-hybridized carbons (Fsp3) is 0.391. The van der Waals surface area contributed by atoms with E-state index >= 15 is 0 Å². The minimum absolute atomic E-state index is 0.293. The molecule has 1 aromatic carbocycles. The lowest BCUT2D eigenvalue weighted by Crippen LogP contribution is -2.43. The molecule has 2 amide bonds. The van der Waals surface area contributed by atoms with Gasteiger partial charge >= 0.3 is 11.8 Å². The van der Waals surface area contributed by atoms with E-state index < -0.39 is 11.8 Å². The van der Waals surface area contributed by atoms with Crippen LogP contribution in [0.1, 0.15) is 49.4 Å². The predicted molar refractivity (Wildman–Crippen MR) is 121 cm³/mol. The number of benzene rings is 1. The minimum Gasteiger partial charge on any atom is -0.334 e. The van der Waals surface area contributed by atoms with Gasteiger partial charge in [0.1, 0.15) is 0 Å². The number of carbonyl (C=O) groups excluding carboxylic acids is 2. The van der Waals surface area contributed by atoms with Gasteiger partial charge in [0.05, 0.1) is 11.9 Å². The lowest BCUT2D eigenvalue weighted by molar-refractivity contribution is -0.143. The molecule has 0 spiro atoms. The van der Waals surface area contributed by atoms with Crippen LogP contribution in [0.15, 0.2) is 48.1 Å². The number of anilines is 1. The van der Waals surface area contributed by atoms with Gasteiger partial charge in [0.25, 0.3) is 0 Å². The zero-order chi connectivity index (χ0) is 22.0. The van der Waals surface area contributed by atoms with Crippen LogP contribution in [0.3, 0.4) is 0 Å². The lowest BCUT2D eigenvalue weighted by Gasteiger charge is -2.31. The van der Waals surface area contributed by atoms with Crippen LogP contribution in [0.25, 0.3) is 0 Å². The molecule has 0 radical (unpaired) electrons. The van der Waals surface area contributed by atoms with Crippen molar-refractivity contribution in [1.82, 2.24) is 19.7 Å². The lowest BCUT2D eigenvalue weighted by atomic mass is 9.82. The SMILES string of the molecule is Cn1cc(C2CCN(C(=O)C(=O)Nc3nc(C(C)(C)c4ccccc4)cs3)CC2)cn1. The molecule has 0 atom stereocenters. The summed E-state index contributed by atoms with van der Waals surface area (Å²) in [5.41, 5.74) is 2.91. The Balaban J connectivity index is 1.35. The zero-order valence-corrected chi connectivity index (χ0v) is 18.9. The largest absolute Gasteiger partial charge is 0.334 e. The Bertz CT molecular complexity index is 1060. The van der Waals surface area contributed by atoms with E-state index in [-0.39, 0.29) is 5.41 Å². The molecule has 4 rings (SSSR count). The van der Waals surface area contributed by atoms with E-state index in [2.05, 4.69) is 41.4 Å². The highest BCUT2D eigenvalue weighted by Crippen LogP contribution is 2.33. The number of thiazole rings is 1. The molecule has 7 nitrogen and oxygen atoms in total. The number of nitrogens with zero attached hydrogens (tertiary/aromatic N) is 4. The van der Waals surface area contributed by atoms with Gasteiger partial charge in [-0.05, 0) is 29.9 Å². The Morgan fingerprint density at radius 3 is 2.52 bits per heavy atom. The average molecular weight is 438 g/mol. The summed E-state index contributed by atoms with van der Waals surface area (Å²) in [6.07, 6.45) is 5.56. The molecule has 8 heteroatoms. The van der Waals surface area contributed by atoms with Crippen molar-refractivity contribution in [2.24, 2.45) is 7.05 Å². The van der Waals surface area contributed by atoms with E-state index in [1.165, 1.54) is 16.9 Å². The zero-order valence-electron chi connectivity index (χ0n) is 18.0. The fourth-order valence-corrected chi connectivity index (χ4v) is 4.86. The number of likely N-dealkylation sites (tertiary alicyclic amines) is 1. The quantitative estimate of drug-likeness (QED) is 0.633. The van der Waals surface area contributed by atoms with Crippen LogP contribution in [0.5, 0.6) is 0 Å².